The van der Waals surface area contributed by atoms with E-state index in [1.807, 2.05) is 10.7 Å². The summed E-state index contributed by atoms with van der Waals surface area (Å²) in [6.45, 7) is 4.26. The molecule has 94 valence electrons. The Morgan fingerprint density at radius 3 is 2.78 bits per heavy atom. The molecule has 3 rings (SSSR count). The molecule has 1 heterocycles. The van der Waals surface area contributed by atoms with E-state index in [0.717, 1.165) is 11.4 Å². The van der Waals surface area contributed by atoms with Crippen molar-refractivity contribution in [3.63, 3.8) is 0 Å². The molecule has 0 spiro atoms. The lowest BCUT2D eigenvalue weighted by Gasteiger charge is -2.11. The maximum Gasteiger partial charge on any atom is 0.0886 e. The molecular formula is C15H18N2O. The van der Waals surface area contributed by atoms with Gasteiger partial charge in [0.05, 0.1) is 18.0 Å². The highest BCUT2D eigenvalue weighted by molar-refractivity contribution is 5.46. The first-order valence-corrected chi connectivity index (χ1v) is 6.47. The van der Waals surface area contributed by atoms with E-state index in [-0.39, 0.29) is 6.61 Å². The maximum absolute atomic E-state index is 9.27. The van der Waals surface area contributed by atoms with E-state index in [9.17, 15) is 5.11 Å². The standard InChI is InChI=1S/C15H18N2O/c1-10-4-3-5-14(11(10)2)17-15(12-6-7-12)8-13(9-18)16-17/h3-5,8,12,18H,6-7,9H2,1-2H3. The quantitative estimate of drug-likeness (QED) is 0.898. The van der Waals surface area contributed by atoms with Crippen molar-refractivity contribution in [3.8, 4) is 5.69 Å². The lowest BCUT2D eigenvalue weighted by atomic mass is 10.1. The van der Waals surface area contributed by atoms with Crippen LogP contribution in [0.1, 0.15) is 41.3 Å². The van der Waals surface area contributed by atoms with Crippen molar-refractivity contribution in [2.45, 2.75) is 39.2 Å². The van der Waals surface area contributed by atoms with E-state index < -0.39 is 0 Å². The molecule has 1 aliphatic rings. The molecule has 0 atom stereocenters. The maximum atomic E-state index is 9.27. The van der Waals surface area contributed by atoms with E-state index in [1.165, 1.54) is 29.7 Å². The van der Waals surface area contributed by atoms with Gasteiger partial charge in [-0.15, -0.1) is 0 Å². The number of nitrogens with zero attached hydrogens (tertiary/aromatic N) is 2. The first kappa shape index (κ1) is 11.5. The zero-order valence-corrected chi connectivity index (χ0v) is 10.8. The number of aromatic nitrogens is 2. The van der Waals surface area contributed by atoms with Crippen LogP contribution in [0.4, 0.5) is 0 Å². The zero-order chi connectivity index (χ0) is 12.7. The number of aryl methyl sites for hydroxylation is 1. The Morgan fingerprint density at radius 1 is 1.33 bits per heavy atom. The molecule has 1 aromatic heterocycles. The molecule has 3 nitrogen and oxygen atoms in total. The highest BCUT2D eigenvalue weighted by Crippen LogP contribution is 2.41. The Labute approximate surface area is 107 Å². The van der Waals surface area contributed by atoms with Gasteiger partial charge in [-0.3, -0.25) is 0 Å². The van der Waals surface area contributed by atoms with Crippen LogP contribution in [0.2, 0.25) is 0 Å². The van der Waals surface area contributed by atoms with Crippen LogP contribution in [0, 0.1) is 13.8 Å². The molecule has 0 unspecified atom stereocenters. The molecule has 0 radical (unpaired) electrons. The SMILES string of the molecule is Cc1cccc(-n2nc(CO)cc2C2CC2)c1C. The van der Waals surface area contributed by atoms with Gasteiger partial charge in [-0.2, -0.15) is 5.10 Å². The third kappa shape index (κ3) is 1.85. The van der Waals surface area contributed by atoms with Crippen LogP contribution >= 0.6 is 0 Å². The molecule has 1 N–H and O–H groups in total. The van der Waals surface area contributed by atoms with Crippen LogP contribution in [0.3, 0.4) is 0 Å². The van der Waals surface area contributed by atoms with Crippen molar-refractivity contribution in [2.75, 3.05) is 0 Å². The number of rotatable bonds is 3. The number of hydrogen-bond acceptors (Lipinski definition) is 2. The first-order chi connectivity index (χ1) is 8.70. The average Bonchev–Trinajstić information content (AvgIpc) is 3.13. The summed E-state index contributed by atoms with van der Waals surface area (Å²) in [6, 6.07) is 8.32. The molecule has 3 heteroatoms. The molecule has 0 aliphatic heterocycles. The summed E-state index contributed by atoms with van der Waals surface area (Å²) >= 11 is 0. The van der Waals surface area contributed by atoms with E-state index in [1.54, 1.807) is 0 Å². The van der Waals surface area contributed by atoms with E-state index >= 15 is 0 Å². The van der Waals surface area contributed by atoms with Crippen molar-refractivity contribution in [3.05, 3.63) is 46.8 Å². The molecule has 18 heavy (non-hydrogen) atoms. The first-order valence-electron chi connectivity index (χ1n) is 6.47. The summed E-state index contributed by atoms with van der Waals surface area (Å²) in [7, 11) is 0. The summed E-state index contributed by atoms with van der Waals surface area (Å²) in [4.78, 5) is 0. The number of benzene rings is 1. The summed E-state index contributed by atoms with van der Waals surface area (Å²) in [5.41, 5.74) is 5.67. The minimum atomic E-state index is 0.0115. The second-order valence-electron chi connectivity index (χ2n) is 5.12. The van der Waals surface area contributed by atoms with Gasteiger partial charge in [-0.05, 0) is 49.9 Å². The Morgan fingerprint density at radius 2 is 2.11 bits per heavy atom. The lowest BCUT2D eigenvalue weighted by molar-refractivity contribution is 0.276. The van der Waals surface area contributed by atoms with Crippen molar-refractivity contribution in [1.29, 1.82) is 0 Å². The smallest absolute Gasteiger partial charge is 0.0886 e. The Hall–Kier alpha value is -1.61. The van der Waals surface area contributed by atoms with E-state index in [0.29, 0.717) is 5.92 Å². The molecule has 0 saturated heterocycles. The third-order valence-electron chi connectivity index (χ3n) is 3.75. The molecule has 0 bridgehead atoms. The Balaban J connectivity index is 2.15. The van der Waals surface area contributed by atoms with Crippen molar-refractivity contribution >= 4 is 0 Å². The van der Waals surface area contributed by atoms with Gasteiger partial charge in [0.1, 0.15) is 0 Å². The fourth-order valence-electron chi connectivity index (χ4n) is 2.35. The number of hydrogen-bond donors (Lipinski definition) is 1. The predicted molar refractivity (Wildman–Crippen MR) is 70.9 cm³/mol. The number of aliphatic hydroxyl groups excluding tert-OH is 1. The van der Waals surface area contributed by atoms with Crippen LogP contribution in [0.5, 0.6) is 0 Å². The van der Waals surface area contributed by atoms with Gasteiger partial charge < -0.3 is 5.11 Å². The second-order valence-corrected chi connectivity index (χ2v) is 5.12. The third-order valence-corrected chi connectivity index (χ3v) is 3.75. The second kappa shape index (κ2) is 4.25. The average molecular weight is 242 g/mol. The van der Waals surface area contributed by atoms with Crippen LogP contribution in [-0.4, -0.2) is 14.9 Å². The Kier molecular flexibility index (Phi) is 2.71. The normalized spacial score (nSPS) is 15.1. The van der Waals surface area contributed by atoms with Crippen molar-refractivity contribution in [1.82, 2.24) is 9.78 Å². The van der Waals surface area contributed by atoms with Crippen LogP contribution < -0.4 is 0 Å². The minimum Gasteiger partial charge on any atom is -0.390 e. The van der Waals surface area contributed by atoms with Crippen molar-refractivity contribution in [2.24, 2.45) is 0 Å². The molecular weight excluding hydrogens is 224 g/mol. The van der Waals surface area contributed by atoms with Gasteiger partial charge in [0.15, 0.2) is 0 Å². The molecule has 1 saturated carbocycles. The van der Waals surface area contributed by atoms with Gasteiger partial charge in [-0.1, -0.05) is 12.1 Å². The summed E-state index contributed by atoms with van der Waals surface area (Å²) in [6.07, 6.45) is 2.48. The predicted octanol–water partition coefficient (Wildman–Crippen LogP) is 2.86. The van der Waals surface area contributed by atoms with Gasteiger partial charge in [-0.25, -0.2) is 4.68 Å². The topological polar surface area (TPSA) is 38.0 Å². The summed E-state index contributed by atoms with van der Waals surface area (Å²) < 4.78 is 2.02. The largest absolute Gasteiger partial charge is 0.390 e. The van der Waals surface area contributed by atoms with Crippen LogP contribution in [-0.2, 0) is 6.61 Å². The molecule has 1 aliphatic carbocycles. The fourth-order valence-corrected chi connectivity index (χ4v) is 2.35. The highest BCUT2D eigenvalue weighted by atomic mass is 16.3. The summed E-state index contributed by atoms with van der Waals surface area (Å²) in [5.74, 6) is 0.623. The molecule has 1 fully saturated rings. The van der Waals surface area contributed by atoms with Gasteiger partial charge in [0.25, 0.3) is 0 Å². The molecule has 1 aromatic carbocycles. The van der Waals surface area contributed by atoms with Crippen molar-refractivity contribution < 1.29 is 5.11 Å². The van der Waals surface area contributed by atoms with Crippen LogP contribution in [0.15, 0.2) is 24.3 Å². The highest BCUT2D eigenvalue weighted by Gasteiger charge is 2.28. The van der Waals surface area contributed by atoms with E-state index in [2.05, 4.69) is 37.1 Å². The molecule has 2 aromatic rings. The summed E-state index contributed by atoms with van der Waals surface area (Å²) in [5, 5.41) is 13.8. The molecule has 0 amide bonds. The lowest BCUT2D eigenvalue weighted by Crippen LogP contribution is -2.04. The van der Waals surface area contributed by atoms with Crippen LogP contribution in [0.25, 0.3) is 5.69 Å². The van der Waals surface area contributed by atoms with Gasteiger partial charge in [0, 0.05) is 11.6 Å². The fraction of sp³-hybridized carbons (Fsp3) is 0.400. The van der Waals surface area contributed by atoms with Gasteiger partial charge in [0.2, 0.25) is 0 Å². The minimum absolute atomic E-state index is 0.0115. The Bertz CT molecular complexity index is 582. The van der Waals surface area contributed by atoms with Gasteiger partial charge >= 0.3 is 0 Å². The number of aliphatic hydroxyl groups is 1. The monoisotopic (exact) mass is 242 g/mol. The van der Waals surface area contributed by atoms with E-state index in [4.69, 9.17) is 0 Å². The zero-order valence-electron chi connectivity index (χ0n) is 10.8.